The highest BCUT2D eigenvalue weighted by Gasteiger charge is 2.40. The van der Waals surface area contributed by atoms with Gasteiger partial charge in [0.1, 0.15) is 5.58 Å². The summed E-state index contributed by atoms with van der Waals surface area (Å²) in [5, 5.41) is 88.0. The van der Waals surface area contributed by atoms with Crippen molar-refractivity contribution in [2.45, 2.75) is 181 Å². The summed E-state index contributed by atoms with van der Waals surface area (Å²) in [7, 11) is -6.61. The van der Waals surface area contributed by atoms with E-state index in [9.17, 15) is 78.5 Å². The number of carbonyl (C=O) groups is 8. The van der Waals surface area contributed by atoms with Gasteiger partial charge in [0.15, 0.2) is 0 Å². The molecule has 25 nitrogen and oxygen atoms in total. The number of fused-ring (bicyclic) bond motifs is 1. The van der Waals surface area contributed by atoms with Gasteiger partial charge in [-0.15, -0.1) is 0 Å². The van der Waals surface area contributed by atoms with Crippen LogP contribution < -0.4 is 21.3 Å². The lowest BCUT2D eigenvalue weighted by Crippen LogP contribution is -2.49. The molecular formula is C70H100B4N8O17. The molecule has 29 heteroatoms. The van der Waals surface area contributed by atoms with Crippen LogP contribution in [0.25, 0.3) is 11.0 Å². The number of para-hydroxylation sites is 1. The van der Waals surface area contributed by atoms with Crippen molar-refractivity contribution in [3.8, 4) is 0 Å². The Bertz CT molecular complexity index is 3500. The fraction of sp³-hybridized carbons (Fsp3) is 0.514. The molecule has 534 valence electrons. The Morgan fingerprint density at radius 2 is 0.889 bits per heavy atom. The van der Waals surface area contributed by atoms with E-state index in [2.05, 4.69) is 21.3 Å². The minimum Gasteiger partial charge on any atom is -0.464 e. The molecule has 4 saturated heterocycles. The molecule has 4 fully saturated rings. The number of nitrogens with one attached hydrogen (secondary N) is 4. The molecule has 4 atom stereocenters. The maximum absolute atomic E-state index is 12.2. The van der Waals surface area contributed by atoms with Crippen LogP contribution in [0.1, 0.15) is 143 Å². The largest absolute Gasteiger partial charge is 0.475 e. The Morgan fingerprint density at radius 3 is 1.28 bits per heavy atom. The van der Waals surface area contributed by atoms with Crippen molar-refractivity contribution in [1.82, 2.24) is 40.9 Å². The smallest absolute Gasteiger partial charge is 0.464 e. The summed E-state index contributed by atoms with van der Waals surface area (Å²) >= 11 is 0. The Balaban J connectivity index is 0.000000208. The normalized spacial score (nSPS) is 16.5. The van der Waals surface area contributed by atoms with Crippen molar-refractivity contribution >= 4 is 86.7 Å². The first-order chi connectivity index (χ1) is 46.8. The molecule has 0 aliphatic carbocycles. The van der Waals surface area contributed by atoms with Crippen LogP contribution in [0, 0.1) is 33.1 Å². The van der Waals surface area contributed by atoms with Crippen LogP contribution in [-0.2, 0) is 64.0 Å². The predicted octanol–water partition coefficient (Wildman–Crippen LogP) is 2.35. The van der Waals surface area contributed by atoms with Crippen LogP contribution >= 0.6 is 0 Å². The van der Waals surface area contributed by atoms with Crippen LogP contribution in [0.3, 0.4) is 0 Å². The Hall–Kier alpha value is -7.88. The third-order valence-corrected chi connectivity index (χ3v) is 18.6. The molecule has 4 aliphatic heterocycles. The quantitative estimate of drug-likeness (QED) is 0.0320. The third-order valence-electron chi connectivity index (χ3n) is 18.6. The zero-order valence-corrected chi connectivity index (χ0v) is 58.5. The molecule has 0 saturated carbocycles. The maximum atomic E-state index is 12.2. The standard InChI is InChI=1S/2C18H27BN2O4.C17H21BN2O5.C17H25BN2O4/c1-13-4-6-14(7-5-13)12-15(19(24)25)20-16(22)9-11-21-17(23)8-10-18(21,2)3;1-13-4-6-14(7-5-13)12-15(19(24)25)20-16(22)8-10-21-11-9-18(2,3)17(21)23;21-16(7-9-20-8-3-6-17(20)22)19-15(18(23)24)10-12-11-25-14-5-2-1-4-13(12)14;1-12-5-6-14(10-13(12)2)11-15(18(23)24)19-16(21)7-9-20-8-3-4-17(20)22/h2*4-7,15,24-25H,8-12H2,1-3H3,(H,20,22);1-2,4-5,11,15,23-24H,3,6-10H2,(H,19,21);5-6,10,15,23-24H,3-4,7-9,11H2,1-2H3,(H,19,21)/t4*15-/m0000/s1. The minimum atomic E-state index is -1.69. The second kappa shape index (κ2) is 38.1. The van der Waals surface area contributed by atoms with E-state index >= 15 is 0 Å². The summed E-state index contributed by atoms with van der Waals surface area (Å²) in [5.74, 6) is -4.07. The highest BCUT2D eigenvalue weighted by Crippen LogP contribution is 2.31. The van der Waals surface area contributed by atoms with E-state index in [-0.39, 0.29) is 90.3 Å². The van der Waals surface area contributed by atoms with Crippen molar-refractivity contribution in [2.75, 3.05) is 45.8 Å². The first-order valence-electron chi connectivity index (χ1n) is 34.2. The van der Waals surface area contributed by atoms with Gasteiger partial charge in [0, 0.05) is 107 Å². The molecule has 12 N–H and O–H groups in total. The average Bonchev–Trinajstić information content (AvgIpc) is 1.70. The zero-order chi connectivity index (χ0) is 72.7. The van der Waals surface area contributed by atoms with Gasteiger partial charge in [0.05, 0.1) is 30.0 Å². The van der Waals surface area contributed by atoms with Gasteiger partial charge in [0.25, 0.3) is 0 Å². The van der Waals surface area contributed by atoms with Crippen LogP contribution in [-0.4, -0.2) is 211 Å². The monoisotopic (exact) mass is 1370 g/mol. The Morgan fingerprint density at radius 1 is 0.475 bits per heavy atom. The summed E-state index contributed by atoms with van der Waals surface area (Å²) in [4.78, 5) is 102. The van der Waals surface area contributed by atoms with E-state index in [1.54, 1.807) is 25.9 Å². The summed E-state index contributed by atoms with van der Waals surface area (Å²) < 4.78 is 5.44. The van der Waals surface area contributed by atoms with Gasteiger partial charge in [-0.25, -0.2) is 0 Å². The second-order valence-corrected chi connectivity index (χ2v) is 27.6. The van der Waals surface area contributed by atoms with E-state index in [1.807, 2.05) is 146 Å². The van der Waals surface area contributed by atoms with E-state index in [0.717, 1.165) is 70.0 Å². The molecule has 99 heavy (non-hydrogen) atoms. The number of amides is 8. The van der Waals surface area contributed by atoms with Gasteiger partial charge >= 0.3 is 28.5 Å². The molecule has 0 bridgehead atoms. The summed E-state index contributed by atoms with van der Waals surface area (Å²) in [5.41, 5.74) is 8.22. The van der Waals surface area contributed by atoms with Crippen LogP contribution in [0.15, 0.2) is 102 Å². The van der Waals surface area contributed by atoms with Crippen molar-refractivity contribution in [1.29, 1.82) is 0 Å². The Labute approximate surface area is 582 Å². The molecule has 0 radical (unpaired) electrons. The number of benzene rings is 4. The highest BCUT2D eigenvalue weighted by molar-refractivity contribution is 6.45. The Kier molecular flexibility index (Phi) is 30.8. The van der Waals surface area contributed by atoms with Gasteiger partial charge in [-0.2, -0.15) is 0 Å². The van der Waals surface area contributed by atoms with E-state index < -0.39 is 52.2 Å². The fourth-order valence-electron chi connectivity index (χ4n) is 12.1. The number of hydrogen-bond acceptors (Lipinski definition) is 17. The van der Waals surface area contributed by atoms with Gasteiger partial charge in [-0.3, -0.25) is 38.4 Å². The molecule has 5 aromatic rings. The van der Waals surface area contributed by atoms with Gasteiger partial charge in [0.2, 0.25) is 47.3 Å². The molecule has 1 aromatic heterocycles. The van der Waals surface area contributed by atoms with Crippen molar-refractivity contribution in [3.63, 3.8) is 0 Å². The molecule has 8 amide bonds. The van der Waals surface area contributed by atoms with Crippen LogP contribution in [0.2, 0.25) is 0 Å². The van der Waals surface area contributed by atoms with Gasteiger partial charge < -0.3 is 85.5 Å². The van der Waals surface area contributed by atoms with E-state index in [0.29, 0.717) is 89.9 Å². The summed E-state index contributed by atoms with van der Waals surface area (Å²) in [6, 6.07) is 28.7. The first kappa shape index (κ1) is 80.1. The number of furan rings is 1. The zero-order valence-electron chi connectivity index (χ0n) is 58.5. The fourth-order valence-corrected chi connectivity index (χ4v) is 12.1. The van der Waals surface area contributed by atoms with Crippen LogP contribution in [0.5, 0.6) is 0 Å². The number of nitrogens with zero attached hydrogens (tertiary/aromatic N) is 4. The number of rotatable bonds is 28. The lowest BCUT2D eigenvalue weighted by Gasteiger charge is -2.31. The third kappa shape index (κ3) is 25.7. The van der Waals surface area contributed by atoms with Gasteiger partial charge in [-0.05, 0) is 132 Å². The molecule has 5 heterocycles. The SMILES string of the molecule is Cc1ccc(C[C@H](NC(=O)CCN2C(=O)CCC2(C)C)B(O)O)cc1.Cc1ccc(C[C@H](NC(=O)CCN2CCC(C)(C)C2=O)B(O)O)cc1.Cc1ccc(C[C@H](NC(=O)CCN2CCCC2=O)B(O)O)cc1C.O=C(CCN1CCCC1=O)N[C@@H](Cc1coc2ccccc12)B(O)O. The molecule has 0 unspecified atom stereocenters. The molecule has 9 rings (SSSR count). The van der Waals surface area contributed by atoms with Crippen molar-refractivity contribution in [3.05, 3.63) is 142 Å². The molecular weight excluding hydrogens is 1270 g/mol. The molecule has 0 spiro atoms. The van der Waals surface area contributed by atoms with Gasteiger partial charge in [-0.1, -0.05) is 110 Å². The molecule has 4 aliphatic rings. The van der Waals surface area contributed by atoms with Crippen LogP contribution in [0.4, 0.5) is 0 Å². The average molecular weight is 1370 g/mol. The number of hydrogen-bond donors (Lipinski definition) is 12. The van der Waals surface area contributed by atoms with Crippen molar-refractivity contribution < 1.29 is 83.0 Å². The number of likely N-dealkylation sites (tertiary alicyclic amines) is 4. The first-order valence-corrected chi connectivity index (χ1v) is 34.2. The highest BCUT2D eigenvalue weighted by atomic mass is 16.4. The molecule has 4 aromatic carbocycles. The lowest BCUT2D eigenvalue weighted by atomic mass is 9.75. The number of aryl methyl sites for hydroxylation is 4. The van der Waals surface area contributed by atoms with E-state index in [4.69, 9.17) is 4.42 Å². The maximum Gasteiger partial charge on any atom is 0.475 e. The van der Waals surface area contributed by atoms with E-state index in [1.165, 1.54) is 5.56 Å². The number of carbonyl (C=O) groups excluding carboxylic acids is 8. The summed E-state index contributed by atoms with van der Waals surface area (Å²) in [6.45, 7) is 19.2. The second-order valence-electron chi connectivity index (χ2n) is 27.6. The van der Waals surface area contributed by atoms with Crippen molar-refractivity contribution in [2.24, 2.45) is 5.41 Å². The lowest BCUT2D eigenvalue weighted by molar-refractivity contribution is -0.135. The minimum absolute atomic E-state index is 0.0659. The summed E-state index contributed by atoms with van der Waals surface area (Å²) in [6.07, 6.45) is 8.26. The predicted molar refractivity (Wildman–Crippen MR) is 378 cm³/mol. The topological polar surface area (TPSA) is 373 Å².